The molecule has 2 saturated heterocycles. The monoisotopic (exact) mass is 246 g/mol. The Balaban J connectivity index is 1.98. The maximum absolute atomic E-state index is 11.2. The second-order valence-corrected chi connectivity index (χ2v) is 7.60. The van der Waals surface area contributed by atoms with E-state index in [0.717, 1.165) is 12.8 Å². The van der Waals surface area contributed by atoms with E-state index in [9.17, 15) is 8.42 Å². The maximum atomic E-state index is 11.2. The molecule has 2 aliphatic heterocycles. The fourth-order valence-corrected chi connectivity index (χ4v) is 3.70. The molecule has 2 atom stereocenters. The van der Waals surface area contributed by atoms with Crippen molar-refractivity contribution in [1.29, 1.82) is 0 Å². The van der Waals surface area contributed by atoms with Gasteiger partial charge in [-0.3, -0.25) is 4.90 Å². The van der Waals surface area contributed by atoms with E-state index in [0.29, 0.717) is 24.7 Å². The zero-order chi connectivity index (χ0) is 11.8. The van der Waals surface area contributed by atoms with Gasteiger partial charge < -0.3 is 5.73 Å². The van der Waals surface area contributed by atoms with Crippen LogP contribution < -0.4 is 5.73 Å². The van der Waals surface area contributed by atoms with Crippen LogP contribution in [0.25, 0.3) is 0 Å². The first-order chi connectivity index (χ1) is 7.46. The Morgan fingerprint density at radius 3 is 2.31 bits per heavy atom. The summed E-state index contributed by atoms with van der Waals surface area (Å²) in [6.07, 6.45) is 7.05. The maximum Gasteiger partial charge on any atom is 0.148 e. The quantitative estimate of drug-likeness (QED) is 0.782. The summed E-state index contributed by atoms with van der Waals surface area (Å²) < 4.78 is 22.4. The predicted molar refractivity (Wildman–Crippen MR) is 65.1 cm³/mol. The van der Waals surface area contributed by atoms with Gasteiger partial charge in [-0.15, -0.1) is 0 Å². The van der Waals surface area contributed by atoms with Crippen LogP contribution in [0.5, 0.6) is 0 Å². The zero-order valence-corrected chi connectivity index (χ0v) is 10.7. The van der Waals surface area contributed by atoms with Crippen molar-refractivity contribution in [2.45, 2.75) is 50.2 Å². The van der Waals surface area contributed by atoms with Crippen molar-refractivity contribution in [3.05, 3.63) is 0 Å². The van der Waals surface area contributed by atoms with Gasteiger partial charge in [-0.25, -0.2) is 8.42 Å². The number of rotatable bonds is 3. The third-order valence-electron chi connectivity index (χ3n) is 3.88. The molecule has 0 amide bonds. The average Bonchev–Trinajstić information content (AvgIpc) is 2.12. The number of hydrogen-bond acceptors (Lipinski definition) is 4. The largest absolute Gasteiger partial charge is 0.328 e. The van der Waals surface area contributed by atoms with E-state index in [1.165, 1.54) is 25.5 Å². The van der Waals surface area contributed by atoms with Gasteiger partial charge in [0.2, 0.25) is 0 Å². The normalized spacial score (nSPS) is 36.2. The number of fused-ring (bicyclic) bond motifs is 2. The van der Waals surface area contributed by atoms with Gasteiger partial charge >= 0.3 is 0 Å². The van der Waals surface area contributed by atoms with Crippen molar-refractivity contribution >= 4 is 9.84 Å². The van der Waals surface area contributed by atoms with Gasteiger partial charge in [-0.1, -0.05) is 6.42 Å². The van der Waals surface area contributed by atoms with Crippen molar-refractivity contribution < 1.29 is 8.42 Å². The molecule has 4 nitrogen and oxygen atoms in total. The highest BCUT2D eigenvalue weighted by molar-refractivity contribution is 7.90. The second-order valence-electron chi connectivity index (χ2n) is 5.34. The van der Waals surface area contributed by atoms with Crippen molar-refractivity contribution in [3.8, 4) is 0 Å². The fraction of sp³-hybridized carbons (Fsp3) is 1.00. The third kappa shape index (κ3) is 2.96. The minimum absolute atomic E-state index is 0.287. The van der Waals surface area contributed by atoms with Crippen LogP contribution in [0.4, 0.5) is 0 Å². The Labute approximate surface area is 98.1 Å². The molecule has 0 aromatic carbocycles. The SMILES string of the molecule is CS(=O)(=O)CCN1C2CCCC1CC(N)C2. The van der Waals surface area contributed by atoms with Gasteiger partial charge in [0.1, 0.15) is 9.84 Å². The molecule has 0 aromatic heterocycles. The Morgan fingerprint density at radius 1 is 1.25 bits per heavy atom. The van der Waals surface area contributed by atoms with Crippen LogP contribution in [0, 0.1) is 0 Å². The van der Waals surface area contributed by atoms with Crippen LogP contribution in [0.15, 0.2) is 0 Å². The fourth-order valence-electron chi connectivity index (χ4n) is 3.16. The Morgan fingerprint density at radius 2 is 1.81 bits per heavy atom. The number of nitrogens with zero attached hydrogens (tertiary/aromatic N) is 1. The van der Waals surface area contributed by atoms with Gasteiger partial charge in [-0.05, 0) is 25.7 Å². The molecule has 0 radical (unpaired) electrons. The van der Waals surface area contributed by atoms with E-state index < -0.39 is 9.84 Å². The predicted octanol–water partition coefficient (Wildman–Crippen LogP) is 0.375. The van der Waals surface area contributed by atoms with Crippen LogP contribution in [-0.4, -0.2) is 50.0 Å². The Kier molecular flexibility index (Phi) is 3.56. The summed E-state index contributed by atoms with van der Waals surface area (Å²) in [5, 5.41) is 0. The van der Waals surface area contributed by atoms with Crippen molar-refractivity contribution in [1.82, 2.24) is 4.90 Å². The number of sulfone groups is 1. The third-order valence-corrected chi connectivity index (χ3v) is 4.81. The minimum atomic E-state index is -2.84. The number of nitrogens with two attached hydrogens (primary N) is 1. The summed E-state index contributed by atoms with van der Waals surface area (Å²) in [7, 11) is -2.84. The lowest BCUT2D eigenvalue weighted by Crippen LogP contribution is -2.56. The molecule has 2 rings (SSSR count). The molecule has 2 fully saturated rings. The number of hydrogen-bond donors (Lipinski definition) is 1. The molecule has 0 aromatic rings. The van der Waals surface area contributed by atoms with Gasteiger partial charge in [0.05, 0.1) is 5.75 Å². The summed E-state index contributed by atoms with van der Waals surface area (Å²) in [4.78, 5) is 2.40. The first kappa shape index (κ1) is 12.3. The highest BCUT2D eigenvalue weighted by atomic mass is 32.2. The minimum Gasteiger partial charge on any atom is -0.328 e. The molecule has 2 N–H and O–H groups in total. The van der Waals surface area contributed by atoms with Crippen LogP contribution >= 0.6 is 0 Å². The molecule has 2 heterocycles. The lowest BCUT2D eigenvalue weighted by Gasteiger charge is -2.48. The molecular formula is C11H22N2O2S. The Bertz CT molecular complexity index is 328. The standard InChI is InChI=1S/C11H22N2O2S/c1-16(14,15)6-5-13-10-3-2-4-11(13)8-9(12)7-10/h9-11H,2-8,12H2,1H3. The Hall–Kier alpha value is -0.130. The summed E-state index contributed by atoms with van der Waals surface area (Å²) in [6.45, 7) is 0.695. The lowest BCUT2D eigenvalue weighted by molar-refractivity contribution is 0.0374. The van der Waals surface area contributed by atoms with Crippen molar-refractivity contribution in [2.75, 3.05) is 18.6 Å². The highest BCUT2D eigenvalue weighted by Gasteiger charge is 2.36. The van der Waals surface area contributed by atoms with E-state index in [2.05, 4.69) is 4.90 Å². The van der Waals surface area contributed by atoms with Crippen LogP contribution in [0.1, 0.15) is 32.1 Å². The molecule has 16 heavy (non-hydrogen) atoms. The molecule has 0 spiro atoms. The molecule has 0 saturated carbocycles. The van der Waals surface area contributed by atoms with Gasteiger partial charge in [0.25, 0.3) is 0 Å². The van der Waals surface area contributed by atoms with Crippen LogP contribution in [-0.2, 0) is 9.84 Å². The molecule has 2 bridgehead atoms. The van der Waals surface area contributed by atoms with Crippen LogP contribution in [0.3, 0.4) is 0 Å². The first-order valence-corrected chi connectivity index (χ1v) is 8.21. The van der Waals surface area contributed by atoms with Crippen LogP contribution in [0.2, 0.25) is 0 Å². The molecule has 2 unspecified atom stereocenters. The van der Waals surface area contributed by atoms with Crippen molar-refractivity contribution in [3.63, 3.8) is 0 Å². The number of piperidine rings is 2. The summed E-state index contributed by atoms with van der Waals surface area (Å²) in [5.74, 6) is 0.287. The summed E-state index contributed by atoms with van der Waals surface area (Å²) >= 11 is 0. The van der Waals surface area contributed by atoms with E-state index in [-0.39, 0.29) is 5.75 Å². The zero-order valence-electron chi connectivity index (χ0n) is 9.93. The van der Waals surface area contributed by atoms with E-state index in [4.69, 9.17) is 5.73 Å². The summed E-state index contributed by atoms with van der Waals surface area (Å²) in [6, 6.07) is 1.39. The van der Waals surface area contributed by atoms with E-state index >= 15 is 0 Å². The van der Waals surface area contributed by atoms with E-state index in [1.54, 1.807) is 0 Å². The smallest absolute Gasteiger partial charge is 0.148 e. The highest BCUT2D eigenvalue weighted by Crippen LogP contribution is 2.33. The van der Waals surface area contributed by atoms with Gasteiger partial charge in [0.15, 0.2) is 0 Å². The second kappa shape index (κ2) is 4.63. The van der Waals surface area contributed by atoms with Gasteiger partial charge in [-0.2, -0.15) is 0 Å². The van der Waals surface area contributed by atoms with E-state index in [1.807, 2.05) is 0 Å². The molecular weight excluding hydrogens is 224 g/mol. The average molecular weight is 246 g/mol. The molecule has 94 valence electrons. The molecule has 5 heteroatoms. The van der Waals surface area contributed by atoms with Crippen molar-refractivity contribution in [2.24, 2.45) is 5.73 Å². The van der Waals surface area contributed by atoms with Gasteiger partial charge in [0, 0.05) is 30.9 Å². The molecule has 2 aliphatic rings. The summed E-state index contributed by atoms with van der Waals surface area (Å²) in [5.41, 5.74) is 6.02. The topological polar surface area (TPSA) is 63.4 Å². The first-order valence-electron chi connectivity index (χ1n) is 6.15. The molecule has 0 aliphatic carbocycles. The lowest BCUT2D eigenvalue weighted by atomic mass is 9.82.